The minimum absolute atomic E-state index is 0.0342. The first-order valence-corrected chi connectivity index (χ1v) is 6.34. The Bertz CT molecular complexity index is 385. The van der Waals surface area contributed by atoms with E-state index in [0.29, 0.717) is 23.7 Å². The molecule has 0 saturated heterocycles. The molecular formula is C13H19ClN2O2. The maximum Gasteiger partial charge on any atom is 0.225 e. The van der Waals surface area contributed by atoms with Crippen LogP contribution in [-0.4, -0.2) is 42.7 Å². The van der Waals surface area contributed by atoms with E-state index in [1.165, 1.54) is 0 Å². The molecule has 2 N–H and O–H groups in total. The molecule has 0 aliphatic carbocycles. The van der Waals surface area contributed by atoms with Gasteiger partial charge in [-0.05, 0) is 31.7 Å². The van der Waals surface area contributed by atoms with E-state index in [2.05, 4.69) is 5.32 Å². The van der Waals surface area contributed by atoms with Crippen LogP contribution < -0.4 is 5.32 Å². The Kier molecular flexibility index (Phi) is 6.72. The van der Waals surface area contributed by atoms with Crippen LogP contribution in [0.2, 0.25) is 5.02 Å². The van der Waals surface area contributed by atoms with E-state index in [-0.39, 0.29) is 12.5 Å². The minimum atomic E-state index is -0.0342. The first kappa shape index (κ1) is 15.0. The lowest BCUT2D eigenvalue weighted by Gasteiger charge is -2.15. The van der Waals surface area contributed by atoms with Crippen LogP contribution in [0.15, 0.2) is 24.3 Å². The van der Waals surface area contributed by atoms with Crippen molar-refractivity contribution in [3.8, 4) is 0 Å². The number of halogens is 1. The number of aliphatic hydroxyl groups is 1. The van der Waals surface area contributed by atoms with Crippen LogP contribution in [0.25, 0.3) is 0 Å². The van der Waals surface area contributed by atoms with E-state index < -0.39 is 0 Å². The Hall–Kier alpha value is -1.10. The second kappa shape index (κ2) is 8.08. The fourth-order valence-corrected chi connectivity index (χ4v) is 1.72. The smallest absolute Gasteiger partial charge is 0.225 e. The van der Waals surface area contributed by atoms with E-state index in [1.807, 2.05) is 11.9 Å². The van der Waals surface area contributed by atoms with Crippen molar-refractivity contribution in [1.82, 2.24) is 4.90 Å². The van der Waals surface area contributed by atoms with E-state index in [1.54, 1.807) is 24.3 Å². The maximum atomic E-state index is 11.7. The third kappa shape index (κ3) is 6.00. The van der Waals surface area contributed by atoms with Crippen molar-refractivity contribution in [2.75, 3.05) is 32.1 Å². The molecule has 0 radical (unpaired) electrons. The van der Waals surface area contributed by atoms with Gasteiger partial charge in [0.1, 0.15) is 0 Å². The zero-order chi connectivity index (χ0) is 13.4. The Morgan fingerprint density at radius 1 is 1.44 bits per heavy atom. The van der Waals surface area contributed by atoms with Gasteiger partial charge in [0.25, 0.3) is 0 Å². The predicted molar refractivity (Wildman–Crippen MR) is 73.9 cm³/mol. The van der Waals surface area contributed by atoms with Crippen LogP contribution in [0.1, 0.15) is 12.8 Å². The molecule has 4 nitrogen and oxygen atoms in total. The molecule has 1 rings (SSSR count). The lowest BCUT2D eigenvalue weighted by Crippen LogP contribution is -2.25. The fraction of sp³-hybridized carbons (Fsp3) is 0.462. The normalized spacial score (nSPS) is 10.7. The summed E-state index contributed by atoms with van der Waals surface area (Å²) in [4.78, 5) is 13.7. The number of benzene rings is 1. The molecule has 0 spiro atoms. The van der Waals surface area contributed by atoms with E-state index in [9.17, 15) is 4.79 Å². The highest BCUT2D eigenvalue weighted by Gasteiger charge is 2.05. The number of nitrogens with zero attached hydrogens (tertiary/aromatic N) is 1. The molecule has 0 heterocycles. The number of carbonyl (C=O) groups is 1. The number of amides is 1. The largest absolute Gasteiger partial charge is 0.396 e. The lowest BCUT2D eigenvalue weighted by molar-refractivity contribution is -0.116. The summed E-state index contributed by atoms with van der Waals surface area (Å²) in [5, 5.41) is 12.1. The van der Waals surface area contributed by atoms with Crippen molar-refractivity contribution < 1.29 is 9.90 Å². The number of nitrogens with one attached hydrogen (secondary N) is 1. The van der Waals surface area contributed by atoms with Gasteiger partial charge in [-0.2, -0.15) is 0 Å². The summed E-state index contributed by atoms with van der Waals surface area (Å²) < 4.78 is 0. The van der Waals surface area contributed by atoms with Gasteiger partial charge >= 0.3 is 0 Å². The highest BCUT2D eigenvalue weighted by atomic mass is 35.5. The maximum absolute atomic E-state index is 11.7. The molecule has 1 aromatic carbocycles. The van der Waals surface area contributed by atoms with Crippen LogP contribution in [0.3, 0.4) is 0 Å². The van der Waals surface area contributed by atoms with Crippen molar-refractivity contribution in [3.63, 3.8) is 0 Å². The van der Waals surface area contributed by atoms with Crippen LogP contribution in [0.4, 0.5) is 5.69 Å². The van der Waals surface area contributed by atoms with Crippen LogP contribution >= 0.6 is 11.6 Å². The third-order valence-electron chi connectivity index (χ3n) is 2.53. The van der Waals surface area contributed by atoms with Crippen LogP contribution in [0.5, 0.6) is 0 Å². The van der Waals surface area contributed by atoms with E-state index in [4.69, 9.17) is 16.7 Å². The van der Waals surface area contributed by atoms with Crippen LogP contribution in [-0.2, 0) is 4.79 Å². The molecule has 0 aliphatic rings. The molecule has 0 saturated carbocycles. The van der Waals surface area contributed by atoms with Gasteiger partial charge in [0.2, 0.25) is 5.91 Å². The number of carbonyl (C=O) groups excluding carboxylic acids is 1. The summed E-state index contributed by atoms with van der Waals surface area (Å²) >= 11 is 5.83. The monoisotopic (exact) mass is 270 g/mol. The summed E-state index contributed by atoms with van der Waals surface area (Å²) in [7, 11) is 1.93. The highest BCUT2D eigenvalue weighted by Crippen LogP contribution is 2.14. The second-order valence-electron chi connectivity index (χ2n) is 4.19. The average Bonchev–Trinajstić information content (AvgIpc) is 2.34. The van der Waals surface area contributed by atoms with Gasteiger partial charge in [0.05, 0.1) is 0 Å². The summed E-state index contributed by atoms with van der Waals surface area (Å²) in [6, 6.07) is 7.08. The molecule has 5 heteroatoms. The molecule has 18 heavy (non-hydrogen) atoms. The molecule has 0 aromatic heterocycles. The SMILES string of the molecule is CN(CCCO)CCC(=O)Nc1cccc(Cl)c1. The van der Waals surface area contributed by atoms with Crippen molar-refractivity contribution in [2.45, 2.75) is 12.8 Å². The van der Waals surface area contributed by atoms with Gasteiger partial charge in [-0.15, -0.1) is 0 Å². The highest BCUT2D eigenvalue weighted by molar-refractivity contribution is 6.30. The molecular weight excluding hydrogens is 252 g/mol. The summed E-state index contributed by atoms with van der Waals surface area (Å²) in [6.07, 6.45) is 1.15. The number of hydrogen-bond acceptors (Lipinski definition) is 3. The van der Waals surface area contributed by atoms with E-state index >= 15 is 0 Å². The van der Waals surface area contributed by atoms with Gasteiger partial charge in [-0.3, -0.25) is 4.79 Å². The molecule has 0 bridgehead atoms. The first-order chi connectivity index (χ1) is 8.61. The van der Waals surface area contributed by atoms with Gasteiger partial charge in [-0.1, -0.05) is 17.7 Å². The van der Waals surface area contributed by atoms with Crippen LogP contribution in [0, 0.1) is 0 Å². The summed E-state index contributed by atoms with van der Waals surface area (Å²) in [5.41, 5.74) is 0.713. The summed E-state index contributed by atoms with van der Waals surface area (Å²) in [6.45, 7) is 1.65. The van der Waals surface area contributed by atoms with Crippen molar-refractivity contribution >= 4 is 23.2 Å². The third-order valence-corrected chi connectivity index (χ3v) is 2.76. The summed E-state index contributed by atoms with van der Waals surface area (Å²) in [5.74, 6) is -0.0342. The Morgan fingerprint density at radius 3 is 2.89 bits per heavy atom. The molecule has 1 amide bonds. The number of rotatable bonds is 7. The standard InChI is InChI=1S/C13H19ClN2O2/c1-16(7-3-9-17)8-6-13(18)15-12-5-2-4-11(14)10-12/h2,4-5,10,17H,3,6-9H2,1H3,(H,15,18). The number of anilines is 1. The number of aliphatic hydroxyl groups excluding tert-OH is 1. The molecule has 0 atom stereocenters. The van der Waals surface area contributed by atoms with Crippen molar-refractivity contribution in [3.05, 3.63) is 29.3 Å². The Morgan fingerprint density at radius 2 is 2.22 bits per heavy atom. The minimum Gasteiger partial charge on any atom is -0.396 e. The van der Waals surface area contributed by atoms with Gasteiger partial charge in [0.15, 0.2) is 0 Å². The van der Waals surface area contributed by atoms with Gasteiger partial charge in [0, 0.05) is 36.8 Å². The molecule has 0 fully saturated rings. The molecule has 0 unspecified atom stereocenters. The topological polar surface area (TPSA) is 52.6 Å². The zero-order valence-electron chi connectivity index (χ0n) is 10.5. The van der Waals surface area contributed by atoms with Gasteiger partial charge < -0.3 is 15.3 Å². The first-order valence-electron chi connectivity index (χ1n) is 5.96. The second-order valence-corrected chi connectivity index (χ2v) is 4.63. The molecule has 0 aliphatic heterocycles. The van der Waals surface area contributed by atoms with Crippen molar-refractivity contribution in [1.29, 1.82) is 0 Å². The zero-order valence-corrected chi connectivity index (χ0v) is 11.3. The Balaban J connectivity index is 2.29. The Labute approximate surface area is 113 Å². The fourth-order valence-electron chi connectivity index (χ4n) is 1.53. The van der Waals surface area contributed by atoms with E-state index in [0.717, 1.165) is 13.0 Å². The number of hydrogen-bond donors (Lipinski definition) is 2. The molecule has 1 aromatic rings. The van der Waals surface area contributed by atoms with Gasteiger partial charge in [-0.25, -0.2) is 0 Å². The van der Waals surface area contributed by atoms with Crippen molar-refractivity contribution in [2.24, 2.45) is 0 Å². The quantitative estimate of drug-likeness (QED) is 0.797. The molecule has 100 valence electrons. The average molecular weight is 271 g/mol. The lowest BCUT2D eigenvalue weighted by atomic mass is 10.3. The predicted octanol–water partition coefficient (Wildman–Crippen LogP) is 1.98.